The monoisotopic (exact) mass is 207 g/mol. The Morgan fingerprint density at radius 3 is 2.67 bits per heavy atom. The lowest BCUT2D eigenvalue weighted by atomic mass is 10.4. The van der Waals surface area contributed by atoms with E-state index in [2.05, 4.69) is 10.5 Å². The summed E-state index contributed by atoms with van der Waals surface area (Å²) in [5.41, 5.74) is 2.40. The molecular formula is C10H13N3O2. The first-order valence-electron chi connectivity index (χ1n) is 4.98. The molecule has 0 atom stereocenters. The summed E-state index contributed by atoms with van der Waals surface area (Å²) in [6, 6.07) is 3.19. The molecule has 0 aromatic carbocycles. The molecule has 1 N–H and O–H groups in total. The van der Waals surface area contributed by atoms with Gasteiger partial charge in [-0.1, -0.05) is 0 Å². The summed E-state index contributed by atoms with van der Waals surface area (Å²) in [7, 11) is 0. The van der Waals surface area contributed by atoms with Gasteiger partial charge in [0.15, 0.2) is 5.75 Å². The van der Waals surface area contributed by atoms with Gasteiger partial charge >= 0.3 is 6.03 Å². The van der Waals surface area contributed by atoms with Crippen molar-refractivity contribution in [1.29, 1.82) is 0 Å². The molecule has 2 amide bonds. The van der Waals surface area contributed by atoms with Crippen molar-refractivity contribution in [3.05, 3.63) is 24.5 Å². The van der Waals surface area contributed by atoms with E-state index in [9.17, 15) is 4.79 Å². The molecule has 1 aromatic rings. The topological polar surface area (TPSA) is 54.5 Å². The van der Waals surface area contributed by atoms with Crippen LogP contribution in [0.4, 0.5) is 4.79 Å². The van der Waals surface area contributed by atoms with Crippen molar-refractivity contribution in [3.63, 3.8) is 0 Å². The molecule has 80 valence electrons. The number of carbonyl (C=O) groups is 1. The van der Waals surface area contributed by atoms with Crippen LogP contribution in [0.3, 0.4) is 0 Å². The highest BCUT2D eigenvalue weighted by Crippen LogP contribution is 2.08. The molecule has 1 aromatic heterocycles. The Morgan fingerprint density at radius 2 is 2.00 bits per heavy atom. The Hall–Kier alpha value is -1.78. The molecule has 5 nitrogen and oxygen atoms in total. The third kappa shape index (κ3) is 2.59. The summed E-state index contributed by atoms with van der Waals surface area (Å²) in [6.45, 7) is 1.62. The van der Waals surface area contributed by atoms with Crippen LogP contribution in [0.15, 0.2) is 24.5 Å². The SMILES string of the molecule is O=C(NOc1ccncc1)N1CCCC1. The summed E-state index contributed by atoms with van der Waals surface area (Å²) in [6.07, 6.45) is 5.36. The van der Waals surface area contributed by atoms with Crippen LogP contribution in [0, 0.1) is 0 Å². The highest BCUT2D eigenvalue weighted by molar-refractivity contribution is 5.73. The zero-order valence-corrected chi connectivity index (χ0v) is 8.35. The molecule has 2 heterocycles. The van der Waals surface area contributed by atoms with Crippen LogP contribution in [0.25, 0.3) is 0 Å². The molecule has 1 aliphatic heterocycles. The van der Waals surface area contributed by atoms with Gasteiger partial charge in [0, 0.05) is 37.6 Å². The van der Waals surface area contributed by atoms with Crippen LogP contribution < -0.4 is 10.3 Å². The van der Waals surface area contributed by atoms with Crippen molar-refractivity contribution >= 4 is 6.03 Å². The third-order valence-corrected chi connectivity index (χ3v) is 2.30. The number of aromatic nitrogens is 1. The van der Waals surface area contributed by atoms with Gasteiger partial charge in [-0.05, 0) is 12.8 Å². The van der Waals surface area contributed by atoms with Gasteiger partial charge in [0.1, 0.15) is 0 Å². The molecule has 0 radical (unpaired) electrons. The minimum absolute atomic E-state index is 0.177. The lowest BCUT2D eigenvalue weighted by Crippen LogP contribution is -2.39. The van der Waals surface area contributed by atoms with E-state index in [1.165, 1.54) is 0 Å². The van der Waals surface area contributed by atoms with E-state index in [0.717, 1.165) is 25.9 Å². The van der Waals surface area contributed by atoms with E-state index in [1.807, 2.05) is 0 Å². The Balaban J connectivity index is 1.80. The number of carbonyl (C=O) groups excluding carboxylic acids is 1. The predicted octanol–water partition coefficient (Wildman–Crippen LogP) is 1.18. The molecular weight excluding hydrogens is 194 g/mol. The Kier molecular flexibility index (Phi) is 3.02. The van der Waals surface area contributed by atoms with Crippen molar-refractivity contribution in [2.45, 2.75) is 12.8 Å². The molecule has 0 aliphatic carbocycles. The summed E-state index contributed by atoms with van der Waals surface area (Å²) in [5.74, 6) is 0.581. The number of amides is 2. The number of hydrogen-bond acceptors (Lipinski definition) is 3. The molecule has 2 rings (SSSR count). The summed E-state index contributed by atoms with van der Waals surface area (Å²) in [5, 5.41) is 0. The van der Waals surface area contributed by atoms with E-state index in [4.69, 9.17) is 4.84 Å². The second-order valence-corrected chi connectivity index (χ2v) is 3.39. The predicted molar refractivity (Wildman–Crippen MR) is 54.2 cm³/mol. The van der Waals surface area contributed by atoms with Crippen molar-refractivity contribution in [2.24, 2.45) is 0 Å². The molecule has 1 fully saturated rings. The number of nitrogens with zero attached hydrogens (tertiary/aromatic N) is 2. The minimum Gasteiger partial charge on any atom is -0.378 e. The zero-order chi connectivity index (χ0) is 10.5. The van der Waals surface area contributed by atoms with Crippen LogP contribution in [-0.4, -0.2) is 29.0 Å². The van der Waals surface area contributed by atoms with Crippen molar-refractivity contribution in [2.75, 3.05) is 13.1 Å². The van der Waals surface area contributed by atoms with E-state index >= 15 is 0 Å². The van der Waals surface area contributed by atoms with Crippen LogP contribution in [0.2, 0.25) is 0 Å². The normalized spacial score (nSPS) is 15.1. The first kappa shape index (κ1) is 9.76. The van der Waals surface area contributed by atoms with Gasteiger partial charge in [-0.3, -0.25) is 4.98 Å². The van der Waals surface area contributed by atoms with Gasteiger partial charge in [0.05, 0.1) is 0 Å². The number of urea groups is 1. The minimum atomic E-state index is -0.177. The standard InChI is InChI=1S/C10H13N3O2/c14-10(13-7-1-2-8-13)12-15-9-3-5-11-6-4-9/h3-6H,1-2,7-8H2,(H,12,14). The summed E-state index contributed by atoms with van der Waals surface area (Å²) >= 11 is 0. The third-order valence-electron chi connectivity index (χ3n) is 2.30. The van der Waals surface area contributed by atoms with Crippen molar-refractivity contribution in [3.8, 4) is 5.75 Å². The molecule has 15 heavy (non-hydrogen) atoms. The first-order valence-corrected chi connectivity index (χ1v) is 4.98. The maximum absolute atomic E-state index is 11.5. The van der Waals surface area contributed by atoms with Crippen molar-refractivity contribution in [1.82, 2.24) is 15.4 Å². The quantitative estimate of drug-likeness (QED) is 0.741. The van der Waals surface area contributed by atoms with Gasteiger partial charge in [0.25, 0.3) is 0 Å². The molecule has 1 aliphatic rings. The fourth-order valence-corrected chi connectivity index (χ4v) is 1.49. The molecule has 0 unspecified atom stereocenters. The van der Waals surface area contributed by atoms with E-state index in [1.54, 1.807) is 29.4 Å². The second kappa shape index (κ2) is 4.63. The molecule has 0 bridgehead atoms. The Morgan fingerprint density at radius 1 is 1.33 bits per heavy atom. The molecule has 0 saturated carbocycles. The smallest absolute Gasteiger partial charge is 0.350 e. The maximum Gasteiger partial charge on any atom is 0.350 e. The van der Waals surface area contributed by atoms with Crippen LogP contribution >= 0.6 is 0 Å². The van der Waals surface area contributed by atoms with Gasteiger partial charge in [-0.2, -0.15) is 5.48 Å². The van der Waals surface area contributed by atoms with Gasteiger partial charge in [0.2, 0.25) is 0 Å². The van der Waals surface area contributed by atoms with Crippen molar-refractivity contribution < 1.29 is 9.63 Å². The van der Waals surface area contributed by atoms with Crippen LogP contribution in [-0.2, 0) is 0 Å². The number of hydroxylamine groups is 1. The molecule has 5 heteroatoms. The highest BCUT2D eigenvalue weighted by atomic mass is 16.7. The Labute approximate surface area is 88.0 Å². The van der Waals surface area contributed by atoms with Crippen LogP contribution in [0.1, 0.15) is 12.8 Å². The van der Waals surface area contributed by atoms with Gasteiger partial charge in [-0.25, -0.2) is 4.79 Å². The van der Waals surface area contributed by atoms with Crippen LogP contribution in [0.5, 0.6) is 5.75 Å². The second-order valence-electron chi connectivity index (χ2n) is 3.39. The Bertz CT molecular complexity index is 323. The van der Waals surface area contributed by atoms with E-state index in [0.29, 0.717) is 5.75 Å². The van der Waals surface area contributed by atoms with E-state index in [-0.39, 0.29) is 6.03 Å². The zero-order valence-electron chi connectivity index (χ0n) is 8.35. The molecule has 0 spiro atoms. The highest BCUT2D eigenvalue weighted by Gasteiger charge is 2.17. The lowest BCUT2D eigenvalue weighted by molar-refractivity contribution is 0.150. The average Bonchev–Trinajstić information content (AvgIpc) is 2.81. The maximum atomic E-state index is 11.5. The number of rotatable bonds is 2. The number of nitrogens with one attached hydrogen (secondary N) is 1. The molecule has 1 saturated heterocycles. The summed E-state index contributed by atoms with van der Waals surface area (Å²) < 4.78 is 0. The number of hydrogen-bond donors (Lipinski definition) is 1. The van der Waals surface area contributed by atoms with Gasteiger partial charge in [-0.15, -0.1) is 0 Å². The first-order chi connectivity index (χ1) is 7.36. The fraction of sp³-hybridized carbons (Fsp3) is 0.400. The largest absolute Gasteiger partial charge is 0.378 e. The fourth-order valence-electron chi connectivity index (χ4n) is 1.49. The lowest BCUT2D eigenvalue weighted by Gasteiger charge is -2.15. The summed E-state index contributed by atoms with van der Waals surface area (Å²) in [4.78, 5) is 22.2. The van der Waals surface area contributed by atoms with E-state index < -0.39 is 0 Å². The average molecular weight is 207 g/mol. The number of likely N-dealkylation sites (tertiary alicyclic amines) is 1. The van der Waals surface area contributed by atoms with Gasteiger partial charge < -0.3 is 9.74 Å². The number of pyridine rings is 1.